The van der Waals surface area contributed by atoms with Gasteiger partial charge in [0.2, 0.25) is 0 Å². The smallest absolute Gasteiger partial charge is 0.330 e. The molecule has 3 N–H and O–H groups in total. The third kappa shape index (κ3) is 3.95. The number of hydrogen-bond acceptors (Lipinski definition) is 7. The maximum Gasteiger partial charge on any atom is 0.330 e. The van der Waals surface area contributed by atoms with E-state index in [1.54, 1.807) is 6.92 Å². The Morgan fingerprint density at radius 2 is 2.30 bits per heavy atom. The fourth-order valence-corrected chi connectivity index (χ4v) is 2.23. The van der Waals surface area contributed by atoms with Gasteiger partial charge in [-0.1, -0.05) is 0 Å². The summed E-state index contributed by atoms with van der Waals surface area (Å²) in [6, 6.07) is 0. The van der Waals surface area contributed by atoms with E-state index in [0.717, 1.165) is 10.6 Å². The van der Waals surface area contributed by atoms with Crippen molar-refractivity contribution in [3.63, 3.8) is 0 Å². The molecule has 23 heavy (non-hydrogen) atoms. The average Bonchev–Trinajstić information content (AvgIpc) is 2.87. The van der Waals surface area contributed by atoms with Crippen molar-refractivity contribution in [3.05, 3.63) is 38.7 Å². The van der Waals surface area contributed by atoms with Crippen LogP contribution in [0.2, 0.25) is 0 Å². The molecule has 2 heterocycles. The van der Waals surface area contributed by atoms with Crippen LogP contribution in [0.15, 0.2) is 21.9 Å². The Kier molecular flexibility index (Phi) is 5.48. The number of aromatic amines is 1. The van der Waals surface area contributed by atoms with E-state index in [4.69, 9.17) is 14.6 Å². The minimum absolute atomic E-state index is 0.0585. The summed E-state index contributed by atoms with van der Waals surface area (Å²) in [5.74, 6) is -0.613. The van der Waals surface area contributed by atoms with Crippen molar-refractivity contribution in [2.24, 2.45) is 0 Å². The molecule has 9 nitrogen and oxygen atoms in total. The summed E-state index contributed by atoms with van der Waals surface area (Å²) in [6.45, 7) is 1.47. The number of ether oxygens (including phenoxy) is 2. The summed E-state index contributed by atoms with van der Waals surface area (Å²) in [5, 5.41) is 18.8. The molecule has 0 bridgehead atoms. The highest BCUT2D eigenvalue weighted by molar-refractivity contribution is 5.86. The average molecular weight is 326 g/mol. The van der Waals surface area contributed by atoms with Crippen LogP contribution < -0.4 is 11.2 Å². The van der Waals surface area contributed by atoms with Crippen molar-refractivity contribution in [3.8, 4) is 0 Å². The predicted octanol–water partition coefficient (Wildman–Crippen LogP) is -1.25. The first-order valence-electron chi connectivity index (χ1n) is 7.11. The van der Waals surface area contributed by atoms with Gasteiger partial charge in [-0.25, -0.2) is 9.59 Å². The molecule has 0 spiro atoms. The molecular formula is C14H18N2O7. The summed E-state index contributed by atoms with van der Waals surface area (Å²) < 4.78 is 11.2. The fourth-order valence-electron chi connectivity index (χ4n) is 2.23. The molecule has 1 aliphatic heterocycles. The van der Waals surface area contributed by atoms with Gasteiger partial charge in [0.1, 0.15) is 12.3 Å². The molecule has 0 unspecified atom stereocenters. The molecule has 9 heteroatoms. The van der Waals surface area contributed by atoms with E-state index >= 15 is 0 Å². The third-order valence-corrected chi connectivity index (χ3v) is 3.38. The number of hydrogen-bond donors (Lipinski definition) is 3. The van der Waals surface area contributed by atoms with Crippen LogP contribution in [0.1, 0.15) is 25.1 Å². The number of aromatic nitrogens is 2. The second-order valence-electron chi connectivity index (χ2n) is 4.95. The molecular weight excluding hydrogens is 308 g/mol. The highest BCUT2D eigenvalue weighted by Gasteiger charge is 2.35. The number of nitrogens with one attached hydrogen (secondary N) is 1. The Balaban J connectivity index is 2.29. The highest BCUT2D eigenvalue weighted by atomic mass is 16.5. The Morgan fingerprint density at radius 1 is 1.57 bits per heavy atom. The maximum atomic E-state index is 11.9. The number of carbonyl (C=O) groups is 1. The lowest BCUT2D eigenvalue weighted by Crippen LogP contribution is -2.33. The van der Waals surface area contributed by atoms with Crippen molar-refractivity contribution in [1.29, 1.82) is 0 Å². The molecule has 1 saturated heterocycles. The fraction of sp³-hybridized carbons (Fsp3) is 0.500. The molecule has 1 fully saturated rings. The largest absolute Gasteiger partial charge is 0.463 e. The van der Waals surface area contributed by atoms with Gasteiger partial charge in [0.05, 0.1) is 24.9 Å². The predicted molar refractivity (Wildman–Crippen MR) is 78.6 cm³/mol. The number of rotatable bonds is 5. The van der Waals surface area contributed by atoms with Crippen LogP contribution in [0.4, 0.5) is 0 Å². The van der Waals surface area contributed by atoms with Crippen LogP contribution in [0.5, 0.6) is 0 Å². The van der Waals surface area contributed by atoms with Crippen molar-refractivity contribution >= 4 is 12.0 Å². The van der Waals surface area contributed by atoms with E-state index in [-0.39, 0.29) is 25.2 Å². The van der Waals surface area contributed by atoms with Crippen molar-refractivity contribution in [2.45, 2.75) is 31.8 Å². The minimum atomic E-state index is -0.914. The number of esters is 1. The molecule has 2 rings (SSSR count). The standard InChI is InChI=1S/C14H18N2O7/c1-2-22-12(19)4-3-8-6-16(14(21)15-13(8)20)11-5-9(18)10(7-17)23-11/h3-4,6,9-11,17-18H,2,5,7H2,1H3,(H,15,20,21)/t9-,10+,11+/m0/s1. The summed E-state index contributed by atoms with van der Waals surface area (Å²) in [5.41, 5.74) is -1.31. The van der Waals surface area contributed by atoms with Gasteiger partial charge in [-0.05, 0) is 13.0 Å². The van der Waals surface area contributed by atoms with E-state index in [1.807, 2.05) is 0 Å². The molecule has 1 aromatic rings. The van der Waals surface area contributed by atoms with Crippen LogP contribution in [0, 0.1) is 0 Å². The monoisotopic (exact) mass is 326 g/mol. The number of aliphatic hydroxyl groups is 2. The van der Waals surface area contributed by atoms with E-state index < -0.39 is 35.7 Å². The lowest BCUT2D eigenvalue weighted by Gasteiger charge is -2.14. The number of carbonyl (C=O) groups excluding carboxylic acids is 1. The molecule has 3 atom stereocenters. The van der Waals surface area contributed by atoms with E-state index in [0.29, 0.717) is 0 Å². The molecule has 0 aromatic carbocycles. The zero-order valence-electron chi connectivity index (χ0n) is 12.5. The zero-order valence-corrected chi connectivity index (χ0v) is 12.5. The Bertz CT molecular complexity index is 706. The van der Waals surface area contributed by atoms with Gasteiger partial charge >= 0.3 is 11.7 Å². The quantitative estimate of drug-likeness (QED) is 0.455. The van der Waals surface area contributed by atoms with Crippen molar-refractivity contribution in [2.75, 3.05) is 13.2 Å². The highest BCUT2D eigenvalue weighted by Crippen LogP contribution is 2.27. The molecule has 0 radical (unpaired) electrons. The molecule has 1 aromatic heterocycles. The third-order valence-electron chi connectivity index (χ3n) is 3.38. The van der Waals surface area contributed by atoms with Crippen LogP contribution in [0.3, 0.4) is 0 Å². The van der Waals surface area contributed by atoms with Crippen LogP contribution in [0.25, 0.3) is 6.08 Å². The van der Waals surface area contributed by atoms with Gasteiger partial charge in [-0.2, -0.15) is 0 Å². The van der Waals surface area contributed by atoms with Gasteiger partial charge in [0.25, 0.3) is 5.56 Å². The first kappa shape index (κ1) is 17.1. The van der Waals surface area contributed by atoms with Crippen LogP contribution in [-0.4, -0.2) is 51.2 Å². The zero-order chi connectivity index (χ0) is 17.0. The Labute approximate surface area is 130 Å². The Hall–Kier alpha value is -2.23. The lowest BCUT2D eigenvalue weighted by molar-refractivity contribution is -0.137. The second kappa shape index (κ2) is 7.36. The van der Waals surface area contributed by atoms with Gasteiger partial charge < -0.3 is 19.7 Å². The van der Waals surface area contributed by atoms with Crippen molar-refractivity contribution < 1.29 is 24.5 Å². The normalized spacial score (nSPS) is 24.2. The topological polar surface area (TPSA) is 131 Å². The first-order chi connectivity index (χ1) is 11.0. The van der Waals surface area contributed by atoms with Gasteiger partial charge in [-0.15, -0.1) is 0 Å². The van der Waals surface area contributed by atoms with Gasteiger partial charge in [0, 0.05) is 18.7 Å². The summed E-state index contributed by atoms with van der Waals surface area (Å²) in [6.07, 6.45) is 1.10. The first-order valence-corrected chi connectivity index (χ1v) is 7.11. The van der Waals surface area contributed by atoms with Crippen LogP contribution >= 0.6 is 0 Å². The summed E-state index contributed by atoms with van der Waals surface area (Å²) in [4.78, 5) is 37.0. The van der Waals surface area contributed by atoms with E-state index in [9.17, 15) is 19.5 Å². The maximum absolute atomic E-state index is 11.9. The number of nitrogens with zero attached hydrogens (tertiary/aromatic N) is 1. The minimum Gasteiger partial charge on any atom is -0.463 e. The summed E-state index contributed by atoms with van der Waals surface area (Å²) in [7, 11) is 0. The number of aliphatic hydroxyl groups excluding tert-OH is 2. The second-order valence-corrected chi connectivity index (χ2v) is 4.95. The number of H-pyrrole nitrogens is 1. The van der Waals surface area contributed by atoms with Gasteiger partial charge in [0.15, 0.2) is 0 Å². The van der Waals surface area contributed by atoms with E-state index in [2.05, 4.69) is 4.98 Å². The SMILES string of the molecule is CCOC(=O)C=Cc1cn([C@H]2C[C@H](O)[C@@H](CO)O2)c(=O)[nH]c1=O. The van der Waals surface area contributed by atoms with Crippen molar-refractivity contribution in [1.82, 2.24) is 9.55 Å². The molecule has 0 amide bonds. The molecule has 1 aliphatic rings. The van der Waals surface area contributed by atoms with E-state index in [1.165, 1.54) is 12.3 Å². The molecule has 126 valence electrons. The van der Waals surface area contributed by atoms with Gasteiger partial charge in [-0.3, -0.25) is 14.3 Å². The van der Waals surface area contributed by atoms with Crippen LogP contribution in [-0.2, 0) is 14.3 Å². The molecule has 0 saturated carbocycles. The molecule has 0 aliphatic carbocycles. The Morgan fingerprint density at radius 3 is 2.91 bits per heavy atom. The lowest BCUT2D eigenvalue weighted by atomic mass is 10.2. The summed E-state index contributed by atoms with van der Waals surface area (Å²) >= 11 is 0.